The number of carbonyl (C=O) groups excluding carboxylic acids is 2. The summed E-state index contributed by atoms with van der Waals surface area (Å²) >= 11 is 0. The maximum atomic E-state index is 12.9. The van der Waals surface area contributed by atoms with Crippen LogP contribution in [0.1, 0.15) is 32.1 Å². The first kappa shape index (κ1) is 23.9. The number of nitrogens with one attached hydrogen (secondary N) is 2. The zero-order chi connectivity index (χ0) is 25.7. The Bertz CT molecular complexity index is 1410. The molecule has 0 saturated carbocycles. The average molecular weight is 490 g/mol. The number of nitrogens with zero attached hydrogens (tertiary/aromatic N) is 7. The third kappa shape index (κ3) is 5.11. The number of aromatic nitrogens is 5. The molecular weight excluding hydrogens is 466 g/mol. The molecule has 14 heteroatoms. The smallest absolute Gasteiger partial charge is 0.293 e. The van der Waals surface area contributed by atoms with Gasteiger partial charge in [-0.25, -0.2) is 10.1 Å². The van der Waals surface area contributed by atoms with Crippen LogP contribution < -0.4 is 27.1 Å². The second-order valence-electron chi connectivity index (χ2n) is 7.72. The van der Waals surface area contributed by atoms with E-state index in [0.717, 1.165) is 11.3 Å². The standard InChI is InChI=1S/C22H23N11O3/c1-32(2)14-9-7-13(8-10-14)11-26-28-22(35)18-17(33(31-27-18)21-19(23)29-36-30-21)12-25-16-6-4-3-5-15(16)20(24)34/h3-11,25H,12H2,1-2H3,(H2,23,29)(H2,24,34)(H,28,35). The number of anilines is 3. The highest BCUT2D eigenvalue weighted by atomic mass is 16.6. The van der Waals surface area contributed by atoms with E-state index in [9.17, 15) is 9.59 Å². The Morgan fingerprint density at radius 3 is 2.56 bits per heavy atom. The van der Waals surface area contributed by atoms with Gasteiger partial charge in [0.15, 0.2) is 5.69 Å². The fraction of sp³-hybridized carbons (Fsp3) is 0.136. The highest BCUT2D eigenvalue weighted by molar-refractivity contribution is 5.98. The SMILES string of the molecule is CN(C)c1ccc(C=NNC(=O)c2nnn(-c3nonc3N)c2CNc2ccccc2C(N)=O)cc1. The number of nitrogen functional groups attached to an aromatic ring is 1. The van der Waals surface area contributed by atoms with E-state index in [0.29, 0.717) is 5.69 Å². The van der Waals surface area contributed by atoms with Gasteiger partial charge in [-0.05, 0) is 40.1 Å². The van der Waals surface area contributed by atoms with Crippen LogP contribution in [-0.4, -0.2) is 57.4 Å². The molecule has 0 radical (unpaired) electrons. The summed E-state index contributed by atoms with van der Waals surface area (Å²) < 4.78 is 5.87. The quantitative estimate of drug-likeness (QED) is 0.192. The second kappa shape index (κ2) is 10.3. The molecule has 0 saturated heterocycles. The van der Waals surface area contributed by atoms with Gasteiger partial charge in [-0.2, -0.15) is 9.78 Å². The van der Waals surface area contributed by atoms with E-state index in [1.54, 1.807) is 24.3 Å². The molecule has 0 spiro atoms. The van der Waals surface area contributed by atoms with E-state index in [1.807, 2.05) is 43.3 Å². The van der Waals surface area contributed by atoms with Crippen molar-refractivity contribution in [3.05, 3.63) is 71.0 Å². The van der Waals surface area contributed by atoms with Crippen molar-refractivity contribution in [3.63, 3.8) is 0 Å². The molecule has 36 heavy (non-hydrogen) atoms. The highest BCUT2D eigenvalue weighted by Crippen LogP contribution is 2.20. The summed E-state index contributed by atoms with van der Waals surface area (Å²) in [5.41, 5.74) is 16.5. The van der Waals surface area contributed by atoms with Crippen molar-refractivity contribution >= 4 is 35.2 Å². The molecule has 0 aliphatic rings. The molecular formula is C22H23N11O3. The molecule has 0 atom stereocenters. The first-order valence-corrected chi connectivity index (χ1v) is 10.6. The molecule has 2 aromatic carbocycles. The number of nitrogens with two attached hydrogens (primary N) is 2. The van der Waals surface area contributed by atoms with Gasteiger partial charge in [0.1, 0.15) is 0 Å². The molecule has 4 rings (SSSR count). The topological polar surface area (TPSA) is 195 Å². The third-order valence-electron chi connectivity index (χ3n) is 5.10. The fourth-order valence-electron chi connectivity index (χ4n) is 3.25. The Morgan fingerprint density at radius 1 is 1.14 bits per heavy atom. The lowest BCUT2D eigenvalue weighted by Gasteiger charge is -2.11. The van der Waals surface area contributed by atoms with Gasteiger partial charge in [-0.1, -0.05) is 29.5 Å². The van der Waals surface area contributed by atoms with Crippen LogP contribution in [0.2, 0.25) is 0 Å². The number of hydrogen-bond donors (Lipinski definition) is 4. The maximum Gasteiger partial charge on any atom is 0.293 e. The van der Waals surface area contributed by atoms with Crippen molar-refractivity contribution in [1.82, 2.24) is 30.7 Å². The minimum absolute atomic E-state index is 0.00204. The van der Waals surface area contributed by atoms with E-state index >= 15 is 0 Å². The third-order valence-corrected chi connectivity index (χ3v) is 5.10. The van der Waals surface area contributed by atoms with Crippen molar-refractivity contribution in [2.75, 3.05) is 30.0 Å². The van der Waals surface area contributed by atoms with Crippen LogP contribution in [0.4, 0.5) is 17.2 Å². The molecule has 2 aromatic heterocycles. The summed E-state index contributed by atoms with van der Waals surface area (Å²) in [5.74, 6) is -1.24. The van der Waals surface area contributed by atoms with Gasteiger partial charge in [0.2, 0.25) is 11.6 Å². The molecule has 0 aliphatic heterocycles. The van der Waals surface area contributed by atoms with Gasteiger partial charge in [0.05, 0.1) is 24.0 Å². The Hall–Kier alpha value is -5.27. The number of primary amides is 1. The van der Waals surface area contributed by atoms with Gasteiger partial charge in [0.25, 0.3) is 11.8 Å². The van der Waals surface area contributed by atoms with Crippen LogP contribution >= 0.6 is 0 Å². The van der Waals surface area contributed by atoms with Crippen LogP contribution in [0.25, 0.3) is 5.82 Å². The van der Waals surface area contributed by atoms with Gasteiger partial charge >= 0.3 is 0 Å². The molecule has 2 heterocycles. The molecule has 14 nitrogen and oxygen atoms in total. The van der Waals surface area contributed by atoms with Crippen LogP contribution in [0.3, 0.4) is 0 Å². The minimum atomic E-state index is -0.627. The predicted octanol–water partition coefficient (Wildman–Crippen LogP) is 0.773. The van der Waals surface area contributed by atoms with Crippen LogP contribution in [0, 0.1) is 0 Å². The molecule has 6 N–H and O–H groups in total. The Kier molecular flexibility index (Phi) is 6.85. The normalized spacial score (nSPS) is 10.9. The van der Waals surface area contributed by atoms with E-state index in [1.165, 1.54) is 10.9 Å². The summed E-state index contributed by atoms with van der Waals surface area (Å²) in [7, 11) is 3.89. The van der Waals surface area contributed by atoms with Crippen molar-refractivity contribution in [1.29, 1.82) is 0 Å². The number of rotatable bonds is 9. The molecule has 2 amide bonds. The lowest BCUT2D eigenvalue weighted by molar-refractivity contribution is 0.0947. The van der Waals surface area contributed by atoms with Crippen LogP contribution in [0.5, 0.6) is 0 Å². The number of benzene rings is 2. The van der Waals surface area contributed by atoms with Crippen molar-refractivity contribution in [2.45, 2.75) is 6.54 Å². The zero-order valence-electron chi connectivity index (χ0n) is 19.4. The first-order chi connectivity index (χ1) is 17.3. The van der Waals surface area contributed by atoms with E-state index < -0.39 is 11.8 Å². The summed E-state index contributed by atoms with van der Waals surface area (Å²) in [6, 6.07) is 14.3. The monoisotopic (exact) mass is 489 g/mol. The van der Waals surface area contributed by atoms with Crippen molar-refractivity contribution in [2.24, 2.45) is 10.8 Å². The molecule has 0 bridgehead atoms. The fourth-order valence-corrected chi connectivity index (χ4v) is 3.25. The van der Waals surface area contributed by atoms with Gasteiger partial charge < -0.3 is 21.7 Å². The van der Waals surface area contributed by atoms with Gasteiger partial charge in [-0.3, -0.25) is 9.59 Å². The second-order valence-corrected chi connectivity index (χ2v) is 7.72. The number of carbonyl (C=O) groups is 2. The van der Waals surface area contributed by atoms with Crippen molar-refractivity contribution in [3.8, 4) is 5.82 Å². The van der Waals surface area contributed by atoms with E-state index in [2.05, 4.69) is 41.1 Å². The Balaban J connectivity index is 1.57. The van der Waals surface area contributed by atoms with Gasteiger partial charge in [0, 0.05) is 25.5 Å². The Morgan fingerprint density at radius 2 is 1.89 bits per heavy atom. The van der Waals surface area contributed by atoms with E-state index in [4.69, 9.17) is 11.5 Å². The maximum absolute atomic E-state index is 12.9. The minimum Gasteiger partial charge on any atom is -0.379 e. The number of hydrogen-bond acceptors (Lipinski definition) is 11. The summed E-state index contributed by atoms with van der Waals surface area (Å²) in [5, 5.41) is 22.3. The number of amides is 2. The molecule has 0 fully saturated rings. The van der Waals surface area contributed by atoms with E-state index in [-0.39, 0.29) is 35.1 Å². The molecule has 0 aliphatic carbocycles. The average Bonchev–Trinajstić information content (AvgIpc) is 3.48. The summed E-state index contributed by atoms with van der Waals surface area (Å²) in [6.07, 6.45) is 1.50. The number of hydrazone groups is 1. The Labute approximate surface area is 204 Å². The first-order valence-electron chi connectivity index (χ1n) is 10.6. The molecule has 4 aromatic rings. The lowest BCUT2D eigenvalue weighted by atomic mass is 10.1. The van der Waals surface area contributed by atoms with Gasteiger partial charge in [-0.15, -0.1) is 5.10 Å². The zero-order valence-corrected chi connectivity index (χ0v) is 19.4. The molecule has 184 valence electrons. The summed E-state index contributed by atoms with van der Waals surface area (Å²) in [6.45, 7) is 0.00204. The largest absolute Gasteiger partial charge is 0.379 e. The van der Waals surface area contributed by atoms with Crippen molar-refractivity contribution < 1.29 is 14.2 Å². The van der Waals surface area contributed by atoms with Crippen LogP contribution in [0.15, 0.2) is 58.3 Å². The highest BCUT2D eigenvalue weighted by Gasteiger charge is 2.24. The van der Waals surface area contributed by atoms with Crippen LogP contribution in [-0.2, 0) is 6.54 Å². The summed E-state index contributed by atoms with van der Waals surface area (Å²) in [4.78, 5) is 26.7. The molecule has 0 unspecified atom stereocenters. The number of para-hydroxylation sites is 1. The lowest BCUT2D eigenvalue weighted by Crippen LogP contribution is -2.22. The predicted molar refractivity (Wildman–Crippen MR) is 132 cm³/mol.